The third-order valence-electron chi connectivity index (χ3n) is 4.11. The van der Waals surface area contributed by atoms with E-state index in [2.05, 4.69) is 29.8 Å². The van der Waals surface area contributed by atoms with Crippen molar-refractivity contribution in [1.82, 2.24) is 0 Å². The van der Waals surface area contributed by atoms with E-state index in [0.717, 1.165) is 16.6 Å². The third-order valence-corrected chi connectivity index (χ3v) is 4.73. The minimum absolute atomic E-state index is 0.0325. The van der Waals surface area contributed by atoms with E-state index >= 15 is 0 Å². The normalized spacial score (nSPS) is 30.7. The van der Waals surface area contributed by atoms with Gasteiger partial charge in [-0.15, -0.1) is 0 Å². The van der Waals surface area contributed by atoms with Crippen LogP contribution >= 0.6 is 15.9 Å². The zero-order valence-electron chi connectivity index (χ0n) is 10.9. The van der Waals surface area contributed by atoms with Gasteiger partial charge in [-0.3, -0.25) is 0 Å². The molecule has 1 aromatic carbocycles. The molecule has 0 heterocycles. The number of benzene rings is 1. The van der Waals surface area contributed by atoms with Crippen LogP contribution in [0.2, 0.25) is 0 Å². The number of rotatable bonds is 4. The lowest BCUT2D eigenvalue weighted by Gasteiger charge is -2.50. The molecule has 18 heavy (non-hydrogen) atoms. The molecule has 0 aliphatic heterocycles. The number of hydrogen-bond donors (Lipinski definition) is 1. The Hall–Kier alpha value is -0.740. The molecule has 3 unspecified atom stereocenters. The predicted molar refractivity (Wildman–Crippen MR) is 74.1 cm³/mol. The maximum atomic E-state index is 9.89. The summed E-state index contributed by atoms with van der Waals surface area (Å²) in [5.74, 6) is 1.43. The number of para-hydroxylation sites is 1. The highest BCUT2D eigenvalue weighted by atomic mass is 79.9. The molecule has 0 radical (unpaired) electrons. The summed E-state index contributed by atoms with van der Waals surface area (Å²) in [6, 6.07) is 5.71. The lowest BCUT2D eigenvalue weighted by atomic mass is 9.63. The van der Waals surface area contributed by atoms with Crippen molar-refractivity contribution in [1.29, 1.82) is 0 Å². The Morgan fingerprint density at radius 2 is 2.22 bits per heavy atom. The number of halogens is 1. The topological polar surface area (TPSA) is 38.7 Å². The highest BCUT2D eigenvalue weighted by Crippen LogP contribution is 2.48. The summed E-state index contributed by atoms with van der Waals surface area (Å²) in [5.41, 5.74) is -0.166. The van der Waals surface area contributed by atoms with Gasteiger partial charge in [-0.05, 0) is 34.5 Å². The molecule has 1 aromatic rings. The zero-order valence-corrected chi connectivity index (χ0v) is 12.5. The van der Waals surface area contributed by atoms with Crippen molar-refractivity contribution in [3.05, 3.63) is 22.7 Å². The van der Waals surface area contributed by atoms with E-state index in [1.165, 1.54) is 0 Å². The molecular weight excluding hydrogens is 296 g/mol. The first-order valence-electron chi connectivity index (χ1n) is 6.20. The fraction of sp³-hybridized carbons (Fsp3) is 0.571. The average molecular weight is 315 g/mol. The van der Waals surface area contributed by atoms with Gasteiger partial charge in [0.1, 0.15) is 6.10 Å². The molecule has 0 bridgehead atoms. The van der Waals surface area contributed by atoms with E-state index in [1.54, 1.807) is 7.11 Å². The molecular formula is C14H19BrO3. The minimum atomic E-state index is -0.277. The first-order valence-corrected chi connectivity index (χ1v) is 6.99. The second-order valence-corrected chi connectivity index (χ2v) is 5.84. The van der Waals surface area contributed by atoms with Crippen molar-refractivity contribution >= 4 is 15.9 Å². The molecule has 0 aromatic heterocycles. The summed E-state index contributed by atoms with van der Waals surface area (Å²) in [5, 5.41) is 9.89. The standard InChI is InChI=1S/C14H19BrO3/c1-4-14(2)11(16)8-12(14)18-13-9(15)6-5-7-10(13)17-3/h5-7,11-12,16H,4,8H2,1-3H3. The van der Waals surface area contributed by atoms with Gasteiger partial charge in [-0.1, -0.05) is 19.9 Å². The molecule has 0 spiro atoms. The van der Waals surface area contributed by atoms with Crippen LogP contribution in [0.3, 0.4) is 0 Å². The molecule has 100 valence electrons. The van der Waals surface area contributed by atoms with Gasteiger partial charge >= 0.3 is 0 Å². The van der Waals surface area contributed by atoms with Crippen molar-refractivity contribution in [2.75, 3.05) is 7.11 Å². The Morgan fingerprint density at radius 1 is 1.50 bits per heavy atom. The SMILES string of the molecule is CCC1(C)C(O)CC1Oc1c(Br)cccc1OC. The maximum Gasteiger partial charge on any atom is 0.175 e. The Kier molecular flexibility index (Phi) is 3.87. The molecule has 1 aliphatic carbocycles. The van der Waals surface area contributed by atoms with Crippen LogP contribution < -0.4 is 9.47 Å². The van der Waals surface area contributed by atoms with Gasteiger partial charge < -0.3 is 14.6 Å². The number of ether oxygens (including phenoxy) is 2. The van der Waals surface area contributed by atoms with Crippen LogP contribution in [0.15, 0.2) is 22.7 Å². The lowest BCUT2D eigenvalue weighted by molar-refractivity contribution is -0.147. The van der Waals surface area contributed by atoms with E-state index < -0.39 is 0 Å². The van der Waals surface area contributed by atoms with Gasteiger partial charge in [-0.2, -0.15) is 0 Å². The van der Waals surface area contributed by atoms with E-state index in [4.69, 9.17) is 9.47 Å². The summed E-state index contributed by atoms with van der Waals surface area (Å²) in [7, 11) is 1.63. The maximum absolute atomic E-state index is 9.89. The summed E-state index contributed by atoms with van der Waals surface area (Å²) in [4.78, 5) is 0. The summed E-state index contributed by atoms with van der Waals surface area (Å²) in [6.07, 6.45) is 1.33. The highest BCUT2D eigenvalue weighted by Gasteiger charge is 2.51. The lowest BCUT2D eigenvalue weighted by Crippen LogP contribution is -2.57. The fourth-order valence-electron chi connectivity index (χ4n) is 2.35. The molecule has 4 heteroatoms. The van der Waals surface area contributed by atoms with Gasteiger partial charge in [0.25, 0.3) is 0 Å². The van der Waals surface area contributed by atoms with Gasteiger partial charge in [0.05, 0.1) is 17.7 Å². The summed E-state index contributed by atoms with van der Waals surface area (Å²) in [6.45, 7) is 4.14. The van der Waals surface area contributed by atoms with E-state index in [9.17, 15) is 5.11 Å². The van der Waals surface area contributed by atoms with Crippen molar-refractivity contribution in [3.63, 3.8) is 0 Å². The van der Waals surface area contributed by atoms with Gasteiger partial charge in [0.15, 0.2) is 11.5 Å². The largest absolute Gasteiger partial charge is 0.493 e. The number of methoxy groups -OCH3 is 1. The summed E-state index contributed by atoms with van der Waals surface area (Å²) < 4.78 is 12.2. The number of aliphatic hydroxyl groups excluding tert-OH is 1. The molecule has 1 fully saturated rings. The van der Waals surface area contributed by atoms with Crippen LogP contribution in [0.25, 0.3) is 0 Å². The average Bonchev–Trinajstić information content (AvgIpc) is 2.39. The Labute approximate surface area is 116 Å². The van der Waals surface area contributed by atoms with Gasteiger partial charge in [0.2, 0.25) is 0 Å². The van der Waals surface area contributed by atoms with Crippen molar-refractivity contribution in [2.45, 2.75) is 38.9 Å². The second-order valence-electron chi connectivity index (χ2n) is 4.99. The monoisotopic (exact) mass is 314 g/mol. The fourth-order valence-corrected chi connectivity index (χ4v) is 2.79. The first kappa shape index (κ1) is 13.7. The van der Waals surface area contributed by atoms with E-state index in [1.807, 2.05) is 18.2 Å². The van der Waals surface area contributed by atoms with Crippen LogP contribution in [0.1, 0.15) is 26.7 Å². The zero-order chi connectivity index (χ0) is 13.3. The predicted octanol–water partition coefficient (Wildman–Crippen LogP) is 3.39. The molecule has 3 atom stereocenters. The molecule has 1 aliphatic rings. The molecule has 0 amide bonds. The molecule has 3 nitrogen and oxygen atoms in total. The van der Waals surface area contributed by atoms with Crippen LogP contribution in [0.4, 0.5) is 0 Å². The van der Waals surface area contributed by atoms with Crippen LogP contribution in [0, 0.1) is 5.41 Å². The minimum Gasteiger partial charge on any atom is -0.493 e. The van der Waals surface area contributed by atoms with Crippen LogP contribution in [0.5, 0.6) is 11.5 Å². The molecule has 0 saturated heterocycles. The second kappa shape index (κ2) is 5.10. The van der Waals surface area contributed by atoms with Crippen LogP contribution in [-0.4, -0.2) is 24.4 Å². The third kappa shape index (κ3) is 2.12. The Morgan fingerprint density at radius 3 is 2.78 bits per heavy atom. The molecule has 2 rings (SSSR count). The van der Waals surface area contributed by atoms with Crippen molar-refractivity contribution in [2.24, 2.45) is 5.41 Å². The van der Waals surface area contributed by atoms with Gasteiger partial charge in [-0.25, -0.2) is 0 Å². The van der Waals surface area contributed by atoms with Crippen molar-refractivity contribution < 1.29 is 14.6 Å². The smallest absolute Gasteiger partial charge is 0.175 e. The van der Waals surface area contributed by atoms with Gasteiger partial charge in [0, 0.05) is 11.8 Å². The Bertz CT molecular complexity index is 435. The number of aliphatic hydroxyl groups is 1. The van der Waals surface area contributed by atoms with E-state index in [0.29, 0.717) is 12.2 Å². The molecule has 1 N–H and O–H groups in total. The van der Waals surface area contributed by atoms with Crippen molar-refractivity contribution in [3.8, 4) is 11.5 Å². The quantitative estimate of drug-likeness (QED) is 0.926. The number of hydrogen-bond acceptors (Lipinski definition) is 3. The van der Waals surface area contributed by atoms with E-state index in [-0.39, 0.29) is 17.6 Å². The Balaban J connectivity index is 2.21. The first-order chi connectivity index (χ1) is 8.52. The van der Waals surface area contributed by atoms with Crippen LogP contribution in [-0.2, 0) is 0 Å². The summed E-state index contributed by atoms with van der Waals surface area (Å²) >= 11 is 3.48. The molecule has 1 saturated carbocycles. The highest BCUT2D eigenvalue weighted by molar-refractivity contribution is 9.10.